The Morgan fingerprint density at radius 1 is 0.886 bits per heavy atom. The summed E-state index contributed by atoms with van der Waals surface area (Å²) in [5, 5.41) is 1.55. The number of unbranched alkanes of at least 4 members (excludes halogenated alkanes) is 9. The number of sulfonamides is 1. The van der Waals surface area contributed by atoms with Crippen LogP contribution in [-0.2, 0) is 10.0 Å². The lowest BCUT2D eigenvalue weighted by atomic mass is 10.1. The Morgan fingerprint density at radius 2 is 1.51 bits per heavy atom. The van der Waals surface area contributed by atoms with Crippen LogP contribution in [0.25, 0.3) is 10.8 Å². The molecular formula is C28H46N4O2S. The van der Waals surface area contributed by atoms with Gasteiger partial charge in [-0.3, -0.25) is 9.88 Å². The molecule has 35 heavy (non-hydrogen) atoms. The van der Waals surface area contributed by atoms with E-state index >= 15 is 0 Å². The zero-order chi connectivity index (χ0) is 24.9. The van der Waals surface area contributed by atoms with Crippen LogP contribution in [0.4, 0.5) is 0 Å². The molecule has 1 aromatic heterocycles. The van der Waals surface area contributed by atoms with Gasteiger partial charge in [-0.15, -0.1) is 0 Å². The lowest BCUT2D eigenvalue weighted by Crippen LogP contribution is -2.50. The van der Waals surface area contributed by atoms with E-state index in [9.17, 15) is 8.42 Å². The molecule has 0 amide bonds. The van der Waals surface area contributed by atoms with Gasteiger partial charge >= 0.3 is 0 Å². The molecule has 0 unspecified atom stereocenters. The molecule has 0 saturated carbocycles. The van der Waals surface area contributed by atoms with Crippen molar-refractivity contribution in [2.45, 2.75) is 89.0 Å². The summed E-state index contributed by atoms with van der Waals surface area (Å²) < 4.78 is 29.0. The molecule has 2 aromatic rings. The maximum absolute atomic E-state index is 13.1. The summed E-state index contributed by atoms with van der Waals surface area (Å²) in [5.74, 6) is 0. The molecule has 3 rings (SSSR count). The van der Waals surface area contributed by atoms with E-state index in [1.165, 1.54) is 70.8 Å². The number of piperazine rings is 1. The van der Waals surface area contributed by atoms with Crippen molar-refractivity contribution in [2.24, 2.45) is 0 Å². The van der Waals surface area contributed by atoms with Crippen LogP contribution in [0.2, 0.25) is 0 Å². The summed E-state index contributed by atoms with van der Waals surface area (Å²) in [7, 11) is -3.59. The van der Waals surface area contributed by atoms with Crippen molar-refractivity contribution in [3.8, 4) is 0 Å². The van der Waals surface area contributed by atoms with E-state index in [0.29, 0.717) is 10.3 Å². The average Bonchev–Trinajstić information content (AvgIpc) is 2.85. The van der Waals surface area contributed by atoms with Crippen molar-refractivity contribution in [2.75, 3.05) is 39.3 Å². The van der Waals surface area contributed by atoms with Gasteiger partial charge in [0.25, 0.3) is 0 Å². The number of pyridine rings is 1. The van der Waals surface area contributed by atoms with Gasteiger partial charge < -0.3 is 4.90 Å². The van der Waals surface area contributed by atoms with Gasteiger partial charge in [0.15, 0.2) is 0 Å². The van der Waals surface area contributed by atoms with Crippen molar-refractivity contribution in [3.05, 3.63) is 36.7 Å². The van der Waals surface area contributed by atoms with Crippen LogP contribution in [0, 0.1) is 0 Å². The SMILES string of the molecule is CCCCCCCCCCCCN1CCN(C[C@@H](C)NS(=O)(=O)c2cccc3cnccc23)CC1. The van der Waals surface area contributed by atoms with E-state index < -0.39 is 10.0 Å². The van der Waals surface area contributed by atoms with E-state index in [-0.39, 0.29) is 6.04 Å². The lowest BCUT2D eigenvalue weighted by Gasteiger charge is -2.36. The third-order valence-electron chi connectivity index (χ3n) is 7.11. The van der Waals surface area contributed by atoms with Gasteiger partial charge in [0.1, 0.15) is 0 Å². The Labute approximate surface area is 213 Å². The first-order chi connectivity index (χ1) is 17.0. The summed E-state index contributed by atoms with van der Waals surface area (Å²) in [6.07, 6.45) is 17.1. The second-order valence-electron chi connectivity index (χ2n) is 10.2. The van der Waals surface area contributed by atoms with Crippen molar-refractivity contribution < 1.29 is 8.42 Å². The zero-order valence-corrected chi connectivity index (χ0v) is 22.7. The molecule has 196 valence electrons. The highest BCUT2D eigenvalue weighted by molar-refractivity contribution is 7.89. The minimum Gasteiger partial charge on any atom is -0.301 e. The Kier molecular flexibility index (Phi) is 11.9. The largest absolute Gasteiger partial charge is 0.301 e. The van der Waals surface area contributed by atoms with Crippen LogP contribution >= 0.6 is 0 Å². The molecular weight excluding hydrogens is 456 g/mol. The predicted molar refractivity (Wildman–Crippen MR) is 146 cm³/mol. The van der Waals surface area contributed by atoms with Gasteiger partial charge in [0.2, 0.25) is 10.0 Å². The maximum atomic E-state index is 13.1. The second-order valence-corrected chi connectivity index (χ2v) is 11.9. The zero-order valence-electron chi connectivity index (χ0n) is 21.9. The van der Waals surface area contributed by atoms with Crippen molar-refractivity contribution in [1.82, 2.24) is 19.5 Å². The maximum Gasteiger partial charge on any atom is 0.241 e. The minimum atomic E-state index is -3.59. The third kappa shape index (κ3) is 9.45. The van der Waals surface area contributed by atoms with Gasteiger partial charge in [-0.25, -0.2) is 13.1 Å². The number of hydrogen-bond donors (Lipinski definition) is 1. The highest BCUT2D eigenvalue weighted by atomic mass is 32.2. The molecule has 1 atom stereocenters. The van der Waals surface area contributed by atoms with E-state index in [2.05, 4.69) is 26.4 Å². The van der Waals surface area contributed by atoms with E-state index in [1.54, 1.807) is 30.6 Å². The third-order valence-corrected chi connectivity index (χ3v) is 8.76. The number of benzene rings is 1. The fraction of sp³-hybridized carbons (Fsp3) is 0.679. The molecule has 7 heteroatoms. The lowest BCUT2D eigenvalue weighted by molar-refractivity contribution is 0.125. The first-order valence-electron chi connectivity index (χ1n) is 13.8. The molecule has 1 aromatic carbocycles. The number of nitrogens with zero attached hydrogens (tertiary/aromatic N) is 3. The summed E-state index contributed by atoms with van der Waals surface area (Å²) in [4.78, 5) is 9.38. The second kappa shape index (κ2) is 14.9. The standard InChI is InChI=1S/C28H46N4O2S/c1-3-4-5-6-7-8-9-10-11-12-18-31-19-21-32(22-20-31)24-25(2)30-35(33,34)28-15-13-14-26-23-29-17-16-27(26)28/h13-17,23,25,30H,3-12,18-22,24H2,1-2H3/t25-/m1/s1. The highest BCUT2D eigenvalue weighted by Crippen LogP contribution is 2.22. The molecule has 0 aliphatic carbocycles. The summed E-state index contributed by atoms with van der Waals surface area (Å²) in [6, 6.07) is 6.95. The number of fused-ring (bicyclic) bond motifs is 1. The van der Waals surface area contributed by atoms with Gasteiger partial charge in [-0.2, -0.15) is 0 Å². The number of nitrogens with one attached hydrogen (secondary N) is 1. The highest BCUT2D eigenvalue weighted by Gasteiger charge is 2.23. The molecule has 1 saturated heterocycles. The van der Waals surface area contributed by atoms with Gasteiger partial charge in [0.05, 0.1) is 4.90 Å². The van der Waals surface area contributed by atoms with Crippen LogP contribution in [0.1, 0.15) is 78.1 Å². The fourth-order valence-electron chi connectivity index (χ4n) is 5.10. The van der Waals surface area contributed by atoms with Gasteiger partial charge in [0, 0.05) is 61.9 Å². The van der Waals surface area contributed by atoms with Crippen LogP contribution in [-0.4, -0.2) is 68.5 Å². The van der Waals surface area contributed by atoms with Gasteiger partial charge in [-0.05, 0) is 32.0 Å². The quantitative estimate of drug-likeness (QED) is 0.310. The Balaban J connectivity index is 1.31. The molecule has 0 radical (unpaired) electrons. The van der Waals surface area contributed by atoms with Gasteiger partial charge in [-0.1, -0.05) is 76.8 Å². The number of aromatic nitrogens is 1. The van der Waals surface area contributed by atoms with Crippen molar-refractivity contribution in [1.29, 1.82) is 0 Å². The summed E-state index contributed by atoms with van der Waals surface area (Å²) in [5.41, 5.74) is 0. The molecule has 1 N–H and O–H groups in total. The van der Waals surface area contributed by atoms with E-state index in [0.717, 1.165) is 38.1 Å². The van der Waals surface area contributed by atoms with Crippen molar-refractivity contribution in [3.63, 3.8) is 0 Å². The normalized spacial score (nSPS) is 16.6. The Hall–Kier alpha value is -1.54. The fourth-order valence-corrected chi connectivity index (χ4v) is 6.56. The molecule has 1 aliphatic rings. The molecule has 6 nitrogen and oxygen atoms in total. The van der Waals surface area contributed by atoms with Crippen molar-refractivity contribution >= 4 is 20.8 Å². The first-order valence-corrected chi connectivity index (χ1v) is 15.3. The van der Waals surface area contributed by atoms with E-state index in [4.69, 9.17) is 0 Å². The molecule has 0 bridgehead atoms. The Morgan fingerprint density at radius 3 is 2.20 bits per heavy atom. The average molecular weight is 503 g/mol. The number of hydrogen-bond acceptors (Lipinski definition) is 5. The van der Waals surface area contributed by atoms with Crippen LogP contribution < -0.4 is 4.72 Å². The Bertz CT molecular complexity index is 969. The van der Waals surface area contributed by atoms with Crippen LogP contribution in [0.5, 0.6) is 0 Å². The monoisotopic (exact) mass is 502 g/mol. The minimum absolute atomic E-state index is 0.148. The van der Waals surface area contributed by atoms with Crippen LogP contribution in [0.15, 0.2) is 41.6 Å². The first kappa shape index (κ1) is 28.0. The summed E-state index contributed by atoms with van der Waals surface area (Å²) >= 11 is 0. The topological polar surface area (TPSA) is 65.5 Å². The molecule has 0 spiro atoms. The molecule has 1 fully saturated rings. The smallest absolute Gasteiger partial charge is 0.241 e. The molecule has 1 aliphatic heterocycles. The van der Waals surface area contributed by atoms with Crippen LogP contribution in [0.3, 0.4) is 0 Å². The summed E-state index contributed by atoms with van der Waals surface area (Å²) in [6.45, 7) is 10.3. The van der Waals surface area contributed by atoms with E-state index in [1.807, 2.05) is 13.0 Å². The molecule has 2 heterocycles. The number of rotatable bonds is 16. The predicted octanol–water partition coefficient (Wildman–Crippen LogP) is 5.44.